The quantitative estimate of drug-likeness (QED) is 0.119. The van der Waals surface area contributed by atoms with Crippen LogP contribution in [0.4, 0.5) is 8.78 Å². The third-order valence-electron chi connectivity index (χ3n) is 6.49. The lowest BCUT2D eigenvalue weighted by Gasteiger charge is -2.09. The molecule has 0 fully saturated rings. The molecule has 0 bridgehead atoms. The minimum absolute atomic E-state index is 0.0899. The summed E-state index contributed by atoms with van der Waals surface area (Å²) < 4.78 is 39.5. The number of aromatic hydroxyl groups is 2. The Hall–Kier alpha value is -3.16. The number of rotatable bonds is 21. The summed E-state index contributed by atoms with van der Waals surface area (Å²) in [6, 6.07) is 4.94. The molecule has 222 valence electrons. The molecule has 0 radical (unpaired) electrons. The molecule has 0 aliphatic rings. The molecule has 0 aliphatic carbocycles. The number of ether oxygens (including phenoxy) is 2. The van der Waals surface area contributed by atoms with Crippen molar-refractivity contribution in [2.24, 2.45) is 9.98 Å². The maximum Gasteiger partial charge on any atom is 0.168 e. The highest BCUT2D eigenvalue weighted by molar-refractivity contribution is 5.85. The smallest absolute Gasteiger partial charge is 0.168 e. The Labute approximate surface area is 238 Å². The third-order valence-corrected chi connectivity index (χ3v) is 6.49. The van der Waals surface area contributed by atoms with Gasteiger partial charge >= 0.3 is 0 Å². The summed E-state index contributed by atoms with van der Waals surface area (Å²) in [5.74, 6) is -1.48. The lowest BCUT2D eigenvalue weighted by atomic mass is 10.1. The minimum atomic E-state index is -0.611. The van der Waals surface area contributed by atoms with Crippen LogP contribution >= 0.6 is 0 Å². The molecule has 0 saturated heterocycles. The number of benzene rings is 2. The molecule has 0 heterocycles. The van der Waals surface area contributed by atoms with Crippen LogP contribution in [-0.2, 0) is 0 Å². The Morgan fingerprint density at radius 3 is 1.38 bits per heavy atom. The van der Waals surface area contributed by atoms with E-state index in [1.807, 2.05) is 0 Å². The zero-order chi connectivity index (χ0) is 29.0. The van der Waals surface area contributed by atoms with Gasteiger partial charge in [-0.15, -0.1) is 0 Å². The molecule has 0 spiro atoms. The molecule has 40 heavy (non-hydrogen) atoms. The number of phenolic OH excluding ortho intramolecular Hbond substituents is 2. The van der Waals surface area contributed by atoms with Crippen LogP contribution in [0, 0.1) is 11.6 Å². The molecule has 0 aromatic heterocycles. The Kier molecular flexibility index (Phi) is 16.4. The highest BCUT2D eigenvalue weighted by atomic mass is 19.1. The second-order valence-corrected chi connectivity index (χ2v) is 9.99. The molecule has 2 N–H and O–H groups in total. The molecule has 8 heteroatoms. The van der Waals surface area contributed by atoms with Crippen molar-refractivity contribution in [3.05, 3.63) is 47.0 Å². The van der Waals surface area contributed by atoms with Crippen LogP contribution < -0.4 is 9.47 Å². The van der Waals surface area contributed by atoms with Gasteiger partial charge in [-0.05, 0) is 25.0 Å². The van der Waals surface area contributed by atoms with Crippen LogP contribution in [0.25, 0.3) is 0 Å². The molecule has 0 saturated carbocycles. The van der Waals surface area contributed by atoms with Crippen molar-refractivity contribution in [2.45, 2.75) is 90.9 Å². The van der Waals surface area contributed by atoms with Gasteiger partial charge in [-0.25, -0.2) is 8.78 Å². The van der Waals surface area contributed by atoms with Gasteiger partial charge in [0.1, 0.15) is 11.5 Å². The molecule has 0 aliphatic heterocycles. The molecular formula is C32H46F2N2O4. The van der Waals surface area contributed by atoms with Gasteiger partial charge in [0.05, 0.1) is 26.3 Å². The zero-order valence-electron chi connectivity index (χ0n) is 24.1. The Morgan fingerprint density at radius 2 is 0.975 bits per heavy atom. The molecule has 6 nitrogen and oxygen atoms in total. The lowest BCUT2D eigenvalue weighted by molar-refractivity contribution is 0.289. The van der Waals surface area contributed by atoms with Crippen LogP contribution in [0.15, 0.2) is 34.3 Å². The van der Waals surface area contributed by atoms with Crippen molar-refractivity contribution in [3.8, 4) is 23.0 Å². The van der Waals surface area contributed by atoms with E-state index in [-0.39, 0.29) is 23.0 Å². The summed E-state index contributed by atoms with van der Waals surface area (Å²) in [6.07, 6.45) is 16.2. The predicted octanol–water partition coefficient (Wildman–Crippen LogP) is 8.39. The van der Waals surface area contributed by atoms with E-state index >= 15 is 0 Å². The molecule has 0 unspecified atom stereocenters. The van der Waals surface area contributed by atoms with Crippen LogP contribution in [0.2, 0.25) is 0 Å². The van der Waals surface area contributed by atoms with Crippen molar-refractivity contribution >= 4 is 12.4 Å². The SMILES string of the molecule is CCCCCCCCOc1cc(C=NCCN=Cc2cc(OCCCCCCCC)c(F)cc2O)c(O)cc1F. The van der Waals surface area contributed by atoms with E-state index < -0.39 is 11.6 Å². The van der Waals surface area contributed by atoms with Crippen LogP contribution in [0.3, 0.4) is 0 Å². The average molecular weight is 561 g/mol. The van der Waals surface area contributed by atoms with Gasteiger partial charge < -0.3 is 19.7 Å². The Bertz CT molecular complexity index is 976. The second kappa shape index (κ2) is 19.8. The summed E-state index contributed by atoms with van der Waals surface area (Å²) in [4.78, 5) is 8.50. The number of phenols is 2. The van der Waals surface area contributed by atoms with E-state index in [9.17, 15) is 19.0 Å². The first-order valence-electron chi connectivity index (χ1n) is 14.8. The average Bonchev–Trinajstić information content (AvgIpc) is 2.93. The summed E-state index contributed by atoms with van der Waals surface area (Å²) in [6.45, 7) is 5.78. The minimum Gasteiger partial charge on any atom is -0.507 e. The third kappa shape index (κ3) is 12.8. The van der Waals surface area contributed by atoms with Gasteiger partial charge in [-0.3, -0.25) is 9.98 Å². The first kappa shape index (κ1) is 33.0. The normalized spacial score (nSPS) is 11.6. The number of hydrogen-bond acceptors (Lipinski definition) is 6. The number of aliphatic imine (C=N–C) groups is 2. The number of nitrogens with zero attached hydrogens (tertiary/aromatic N) is 2. The fraction of sp³-hybridized carbons (Fsp3) is 0.562. The number of unbranched alkanes of at least 4 members (excludes halogenated alkanes) is 10. The van der Waals surface area contributed by atoms with Crippen molar-refractivity contribution in [2.75, 3.05) is 26.3 Å². The highest BCUT2D eigenvalue weighted by Crippen LogP contribution is 2.27. The molecule has 2 aromatic carbocycles. The summed E-state index contributed by atoms with van der Waals surface area (Å²) in [5, 5.41) is 20.2. The van der Waals surface area contributed by atoms with E-state index in [2.05, 4.69) is 23.8 Å². The maximum atomic E-state index is 14.2. The first-order valence-corrected chi connectivity index (χ1v) is 14.8. The van der Waals surface area contributed by atoms with Crippen molar-refractivity contribution in [3.63, 3.8) is 0 Å². The fourth-order valence-corrected chi connectivity index (χ4v) is 4.12. The summed E-state index contributed by atoms with van der Waals surface area (Å²) >= 11 is 0. The zero-order valence-corrected chi connectivity index (χ0v) is 24.1. The van der Waals surface area contributed by atoms with Gasteiger partial charge in [0.2, 0.25) is 0 Å². The molecule has 2 aromatic rings. The van der Waals surface area contributed by atoms with Crippen LogP contribution in [-0.4, -0.2) is 48.9 Å². The maximum absolute atomic E-state index is 14.2. The van der Waals surface area contributed by atoms with Crippen molar-refractivity contribution < 1.29 is 28.5 Å². The van der Waals surface area contributed by atoms with Gasteiger partial charge in [-0.2, -0.15) is 0 Å². The largest absolute Gasteiger partial charge is 0.507 e. The molecule has 2 rings (SSSR count). The van der Waals surface area contributed by atoms with Gasteiger partial charge in [0.15, 0.2) is 23.1 Å². The van der Waals surface area contributed by atoms with Crippen LogP contribution in [0.5, 0.6) is 23.0 Å². The Balaban J connectivity index is 1.81. The van der Waals surface area contributed by atoms with Gasteiger partial charge in [-0.1, -0.05) is 78.1 Å². The summed E-state index contributed by atoms with van der Waals surface area (Å²) in [7, 11) is 0. The van der Waals surface area contributed by atoms with Gasteiger partial charge in [0, 0.05) is 35.7 Å². The topological polar surface area (TPSA) is 83.6 Å². The fourth-order valence-electron chi connectivity index (χ4n) is 4.12. The monoisotopic (exact) mass is 560 g/mol. The van der Waals surface area contributed by atoms with Gasteiger partial charge in [0.25, 0.3) is 0 Å². The van der Waals surface area contributed by atoms with Crippen LogP contribution in [0.1, 0.15) is 102 Å². The van der Waals surface area contributed by atoms with E-state index in [4.69, 9.17) is 9.47 Å². The predicted molar refractivity (Wildman–Crippen MR) is 159 cm³/mol. The number of hydrogen-bond donors (Lipinski definition) is 2. The lowest BCUT2D eigenvalue weighted by Crippen LogP contribution is -2.01. The number of halogens is 2. The second-order valence-electron chi connectivity index (χ2n) is 9.99. The first-order chi connectivity index (χ1) is 19.5. The van der Waals surface area contributed by atoms with Crippen molar-refractivity contribution in [1.29, 1.82) is 0 Å². The van der Waals surface area contributed by atoms with E-state index in [0.717, 1.165) is 50.7 Å². The molecular weight excluding hydrogens is 514 g/mol. The highest BCUT2D eigenvalue weighted by Gasteiger charge is 2.10. The van der Waals surface area contributed by atoms with E-state index in [0.29, 0.717) is 37.4 Å². The van der Waals surface area contributed by atoms with E-state index in [1.54, 1.807) is 0 Å². The Morgan fingerprint density at radius 1 is 0.600 bits per heavy atom. The standard InChI is InChI=1S/C32H46F2N2O4/c1-3-5-7-9-11-13-17-39-31-19-25(29(37)21-27(31)33)23-35-15-16-36-24-26-20-32(28(34)22-30(26)38)40-18-14-12-10-8-6-4-2/h19-24,37-38H,3-18H2,1-2H3. The summed E-state index contributed by atoms with van der Waals surface area (Å²) in [5.41, 5.74) is 0.707. The molecule has 0 amide bonds. The molecule has 0 atom stereocenters. The van der Waals surface area contributed by atoms with Crippen molar-refractivity contribution in [1.82, 2.24) is 0 Å². The van der Waals surface area contributed by atoms with E-state index in [1.165, 1.54) is 63.1 Å².